The number of β-lactam (4-membered cyclic amide) rings is 1. The number of hydrogen-bond donors (Lipinski definition) is 2. The minimum atomic E-state index is -1.62. The lowest BCUT2D eigenvalue weighted by molar-refractivity contribution is -0.179. The number of hydrogen-bond acceptors (Lipinski definition) is 13. The van der Waals surface area contributed by atoms with Crippen LogP contribution in [-0.4, -0.2) is 91.4 Å². The van der Waals surface area contributed by atoms with Crippen LogP contribution in [0.3, 0.4) is 0 Å². The Morgan fingerprint density at radius 2 is 1.71 bits per heavy atom. The number of amides is 3. The molecule has 3 rings (SSSR count). The average Bonchev–Trinajstić information content (AvgIpc) is 3.36. The minimum Gasteiger partial charge on any atom is -0.539 e. The summed E-state index contributed by atoms with van der Waals surface area (Å²) in [5, 5.41) is 9.82. The van der Waals surface area contributed by atoms with Gasteiger partial charge < -0.3 is 24.3 Å². The SMILES string of the molecule is [B]OC(=O)C1=C(CI)[C@H](C)S[C@@H]2[C@H](NC(=O)/C(=N\OC(C)(C)C(=O)OC(C)(C)C)c3csc(NC(=O)OC(C)(C)C)n3)C(=O)N12. The molecule has 3 amide bonds. The van der Waals surface area contributed by atoms with Crippen LogP contribution in [0.4, 0.5) is 9.93 Å². The van der Waals surface area contributed by atoms with Gasteiger partial charge in [0.1, 0.15) is 34.0 Å². The van der Waals surface area contributed by atoms with Crippen molar-refractivity contribution < 1.29 is 42.9 Å². The quantitative estimate of drug-likeness (QED) is 0.0716. The van der Waals surface area contributed by atoms with Gasteiger partial charge in [0.15, 0.2) is 10.8 Å². The largest absolute Gasteiger partial charge is 0.539 e. The monoisotopic (exact) mass is 775 g/mol. The van der Waals surface area contributed by atoms with E-state index in [1.807, 2.05) is 6.92 Å². The number of carbonyl (C=O) groups excluding carboxylic acids is 5. The molecular weight excluding hydrogens is 740 g/mol. The fourth-order valence-corrected chi connectivity index (χ4v) is 7.36. The zero-order valence-electron chi connectivity index (χ0n) is 26.3. The first-order valence-corrected chi connectivity index (χ1v) is 17.0. The zero-order chi connectivity index (χ0) is 34.1. The molecule has 14 nitrogen and oxygen atoms in total. The van der Waals surface area contributed by atoms with Gasteiger partial charge in [0.05, 0.1) is 0 Å². The summed E-state index contributed by atoms with van der Waals surface area (Å²) in [6, 6.07) is -1.05. The maximum absolute atomic E-state index is 13.7. The highest BCUT2D eigenvalue weighted by atomic mass is 127. The molecule has 45 heavy (non-hydrogen) atoms. The van der Waals surface area contributed by atoms with Gasteiger partial charge in [-0.2, -0.15) is 0 Å². The Morgan fingerprint density at radius 3 is 2.27 bits per heavy atom. The number of oxime groups is 1. The van der Waals surface area contributed by atoms with Crippen molar-refractivity contribution in [3.63, 3.8) is 0 Å². The van der Waals surface area contributed by atoms with Crippen molar-refractivity contribution in [2.75, 3.05) is 9.74 Å². The molecule has 0 unspecified atom stereocenters. The zero-order valence-corrected chi connectivity index (χ0v) is 30.1. The van der Waals surface area contributed by atoms with Gasteiger partial charge in [-0.3, -0.25) is 19.8 Å². The van der Waals surface area contributed by atoms with Crippen molar-refractivity contribution in [1.29, 1.82) is 0 Å². The lowest BCUT2D eigenvalue weighted by Crippen LogP contribution is -2.71. The molecule has 0 bridgehead atoms. The maximum Gasteiger partial charge on any atom is 0.413 e. The third kappa shape index (κ3) is 8.90. The average molecular weight is 775 g/mol. The Morgan fingerprint density at radius 1 is 1.09 bits per heavy atom. The highest BCUT2D eigenvalue weighted by Crippen LogP contribution is 2.44. The van der Waals surface area contributed by atoms with E-state index >= 15 is 0 Å². The summed E-state index contributed by atoms with van der Waals surface area (Å²) < 4.78 is 15.6. The molecule has 0 aliphatic carbocycles. The lowest BCUT2D eigenvalue weighted by atomic mass is 10.0. The standard InChI is InChI=1S/C27H35BIN5O9S2/c1-12-13(10-29)17(21(37)42-28)34-19(36)16(20(34)45-12)31-18(35)15(33-43-27(8,9)22(38)40-25(2,3)4)14-11-44-23(30-14)32-24(39)41-26(5,6)7/h11-12,16,20H,10H2,1-9H3,(H,31,35)(H,30,32,39)/b33-15-/t12-,16+,20+/m0/s1. The van der Waals surface area contributed by atoms with E-state index in [0.29, 0.717) is 10.0 Å². The molecule has 3 heterocycles. The molecule has 2 radical (unpaired) electrons. The molecule has 1 aromatic rings. The third-order valence-corrected chi connectivity index (χ3v) is 9.01. The molecule has 244 valence electrons. The molecule has 0 aromatic carbocycles. The molecule has 3 atom stereocenters. The number of nitrogens with zero attached hydrogens (tertiary/aromatic N) is 3. The van der Waals surface area contributed by atoms with Crippen LogP contribution < -0.4 is 10.6 Å². The van der Waals surface area contributed by atoms with Gasteiger partial charge in [-0.15, -0.1) is 23.1 Å². The van der Waals surface area contributed by atoms with Crippen molar-refractivity contribution in [3.05, 3.63) is 22.3 Å². The van der Waals surface area contributed by atoms with E-state index in [9.17, 15) is 24.0 Å². The fourth-order valence-electron chi connectivity index (χ4n) is 3.91. The number of ether oxygens (including phenoxy) is 2. The lowest BCUT2D eigenvalue weighted by Gasteiger charge is -2.51. The first-order chi connectivity index (χ1) is 20.7. The topological polar surface area (TPSA) is 175 Å². The molecule has 2 aliphatic heterocycles. The maximum atomic E-state index is 13.7. The number of carbonyl (C=O) groups is 5. The van der Waals surface area contributed by atoms with Gasteiger partial charge in [0.2, 0.25) is 5.60 Å². The van der Waals surface area contributed by atoms with Gasteiger partial charge in [-0.1, -0.05) is 27.7 Å². The number of thiazole rings is 1. The van der Waals surface area contributed by atoms with Gasteiger partial charge in [0.25, 0.3) is 11.8 Å². The summed E-state index contributed by atoms with van der Waals surface area (Å²) in [5.74, 6) is -3.01. The van der Waals surface area contributed by atoms with E-state index in [1.54, 1.807) is 41.5 Å². The Kier molecular flexibility index (Phi) is 11.3. The predicted octanol–water partition coefficient (Wildman–Crippen LogP) is 3.44. The number of aromatic nitrogens is 1. The van der Waals surface area contributed by atoms with Gasteiger partial charge in [-0.25, -0.2) is 19.4 Å². The summed E-state index contributed by atoms with van der Waals surface area (Å²) in [6.45, 7) is 14.9. The number of thioether (sulfide) groups is 1. The summed E-state index contributed by atoms with van der Waals surface area (Å²) >= 11 is 4.45. The van der Waals surface area contributed by atoms with Crippen molar-refractivity contribution in [3.8, 4) is 0 Å². The molecule has 18 heteroatoms. The van der Waals surface area contributed by atoms with Crippen molar-refractivity contribution in [1.82, 2.24) is 15.2 Å². The van der Waals surface area contributed by atoms with Gasteiger partial charge in [-0.05, 0) is 67.9 Å². The second-order valence-electron chi connectivity index (χ2n) is 12.4. The second kappa shape index (κ2) is 13.9. The predicted molar refractivity (Wildman–Crippen MR) is 177 cm³/mol. The van der Waals surface area contributed by atoms with Crippen molar-refractivity contribution in [2.45, 2.75) is 95.8 Å². The smallest absolute Gasteiger partial charge is 0.413 e. The molecule has 0 spiro atoms. The summed E-state index contributed by atoms with van der Waals surface area (Å²) in [7, 11) is 5.14. The number of alkyl halides is 1. The van der Waals surface area contributed by atoms with Crippen LogP contribution in [0.1, 0.15) is 68.0 Å². The van der Waals surface area contributed by atoms with Crippen LogP contribution in [0.2, 0.25) is 0 Å². The van der Waals surface area contributed by atoms with Crippen LogP contribution in [0.5, 0.6) is 0 Å². The van der Waals surface area contributed by atoms with Crippen LogP contribution in [-0.2, 0) is 38.1 Å². The van der Waals surface area contributed by atoms with Crippen LogP contribution in [0.15, 0.2) is 21.8 Å². The van der Waals surface area contributed by atoms with Gasteiger partial charge in [0, 0.05) is 15.1 Å². The fraction of sp³-hybridized carbons (Fsp3) is 0.593. The van der Waals surface area contributed by atoms with Crippen molar-refractivity contribution in [2.24, 2.45) is 5.16 Å². The van der Waals surface area contributed by atoms with Crippen LogP contribution in [0.25, 0.3) is 0 Å². The Labute approximate surface area is 284 Å². The van der Waals surface area contributed by atoms with Crippen LogP contribution >= 0.6 is 45.7 Å². The van der Waals surface area contributed by atoms with E-state index in [-0.39, 0.29) is 27.5 Å². The number of nitrogens with one attached hydrogen (secondary N) is 2. The number of halogens is 1. The molecule has 1 aromatic heterocycles. The number of rotatable bonds is 9. The highest BCUT2D eigenvalue weighted by Gasteiger charge is 2.56. The van der Waals surface area contributed by atoms with E-state index in [2.05, 4.69) is 48.0 Å². The minimum absolute atomic E-state index is 0.0173. The molecule has 2 N–H and O–H groups in total. The summed E-state index contributed by atoms with van der Waals surface area (Å²) in [4.78, 5) is 75.6. The molecule has 1 saturated heterocycles. The molecular formula is C27H35BIN5O9S2. The van der Waals surface area contributed by atoms with E-state index in [1.165, 1.54) is 35.9 Å². The first-order valence-electron chi connectivity index (χ1n) is 13.6. The Hall–Kier alpha value is -2.87. The number of anilines is 1. The molecule has 1 fully saturated rings. The summed E-state index contributed by atoms with van der Waals surface area (Å²) in [6.07, 6.45) is -0.761. The van der Waals surface area contributed by atoms with Gasteiger partial charge >= 0.3 is 26.1 Å². The molecule has 2 aliphatic rings. The number of fused-ring (bicyclic) bond motifs is 1. The number of esters is 1. The Bertz CT molecular complexity index is 1430. The molecule has 0 saturated carbocycles. The van der Waals surface area contributed by atoms with E-state index < -0.39 is 58.1 Å². The third-order valence-electron chi connectivity index (χ3n) is 5.98. The summed E-state index contributed by atoms with van der Waals surface area (Å²) in [5.41, 5.74) is -2.87. The highest BCUT2D eigenvalue weighted by molar-refractivity contribution is 14.1. The van der Waals surface area contributed by atoms with E-state index in [4.69, 9.17) is 22.4 Å². The normalized spacial score (nSPS) is 20.5. The second-order valence-corrected chi connectivity index (χ2v) is 15.5. The Balaban J connectivity index is 1.91. The van der Waals surface area contributed by atoms with E-state index in [0.717, 1.165) is 11.3 Å². The van der Waals surface area contributed by atoms with Crippen LogP contribution in [0, 0.1) is 0 Å². The van der Waals surface area contributed by atoms with Crippen molar-refractivity contribution >= 4 is 94.4 Å². The first kappa shape index (κ1) is 36.6.